The number of amidine groups is 1. The summed E-state index contributed by atoms with van der Waals surface area (Å²) in [6.45, 7) is 3.69. The monoisotopic (exact) mass is 931 g/mol. The number of benzene rings is 2. The number of rotatable bonds is 27. The molecular weight excluding hydrogens is 874 g/mol. The summed E-state index contributed by atoms with van der Waals surface area (Å²) in [5.41, 5.74) is 0.658. The number of halogens is 2. The Morgan fingerprint density at radius 1 is 0.857 bits per heavy atom. The lowest BCUT2D eigenvalue weighted by molar-refractivity contribution is -0.137. The van der Waals surface area contributed by atoms with E-state index in [1.54, 1.807) is 53.2 Å². The first-order valence-electron chi connectivity index (χ1n) is 21.7. The summed E-state index contributed by atoms with van der Waals surface area (Å²) >= 11 is 13.9. The highest BCUT2D eigenvalue weighted by molar-refractivity contribution is 8.00. The number of urea groups is 1. The van der Waals surface area contributed by atoms with Crippen LogP contribution in [-0.2, 0) is 36.9 Å². The maximum Gasteiger partial charge on any atom is 0.315 e. The zero-order chi connectivity index (χ0) is 44.2. The minimum atomic E-state index is -0.157. The fourth-order valence-electron chi connectivity index (χ4n) is 7.71. The van der Waals surface area contributed by atoms with Crippen LogP contribution in [0.2, 0.25) is 10.0 Å². The second-order valence-corrected chi connectivity index (χ2v) is 17.8. The van der Waals surface area contributed by atoms with Crippen molar-refractivity contribution < 1.29 is 38.1 Å². The topological polar surface area (TPSA) is 203 Å². The molecule has 344 valence electrons. The largest absolute Gasteiger partial charge is 0.486 e. The minimum absolute atomic E-state index is 0.0236. The number of nitrogens with one attached hydrogen (secondary N) is 5. The molecule has 3 fully saturated rings. The summed E-state index contributed by atoms with van der Waals surface area (Å²) in [6, 6.07) is 14.4. The van der Waals surface area contributed by atoms with Gasteiger partial charge in [-0.3, -0.25) is 15.0 Å². The Morgan fingerprint density at radius 2 is 1.51 bits per heavy atom. The highest BCUT2D eigenvalue weighted by Crippen LogP contribution is 2.33. The van der Waals surface area contributed by atoms with Crippen molar-refractivity contribution in [1.82, 2.24) is 41.2 Å². The van der Waals surface area contributed by atoms with E-state index in [4.69, 9.17) is 52.3 Å². The summed E-state index contributed by atoms with van der Waals surface area (Å²) in [6.07, 6.45) is 8.13. The van der Waals surface area contributed by atoms with E-state index in [1.807, 2.05) is 22.9 Å². The molecule has 20 heteroatoms. The van der Waals surface area contributed by atoms with Gasteiger partial charge in [-0.1, -0.05) is 34.8 Å². The van der Waals surface area contributed by atoms with Crippen molar-refractivity contribution in [3.8, 4) is 11.5 Å². The Hall–Kier alpha value is -4.33. The van der Waals surface area contributed by atoms with Gasteiger partial charge in [0.25, 0.3) is 5.91 Å². The van der Waals surface area contributed by atoms with E-state index >= 15 is 0 Å². The van der Waals surface area contributed by atoms with Gasteiger partial charge in [0.1, 0.15) is 29.6 Å². The zero-order valence-electron chi connectivity index (χ0n) is 35.4. The molecule has 0 bridgehead atoms. The molecule has 2 unspecified atom stereocenters. The predicted octanol–water partition coefficient (Wildman–Crippen LogP) is 4.84. The molecule has 0 radical (unpaired) electrons. The Labute approximate surface area is 382 Å². The lowest BCUT2D eigenvalue weighted by Gasteiger charge is -2.37. The summed E-state index contributed by atoms with van der Waals surface area (Å²) in [5, 5.41) is 30.8. The number of ether oxygens (including phenoxy) is 5. The highest BCUT2D eigenvalue weighted by atomic mass is 35.5. The first-order chi connectivity index (χ1) is 30.7. The van der Waals surface area contributed by atoms with Gasteiger partial charge in [0.15, 0.2) is 6.61 Å². The second-order valence-electron chi connectivity index (χ2n) is 15.7. The zero-order valence-corrected chi connectivity index (χ0v) is 37.8. The van der Waals surface area contributed by atoms with Crippen molar-refractivity contribution >= 4 is 58.6 Å². The van der Waals surface area contributed by atoms with Crippen LogP contribution in [0.5, 0.6) is 11.5 Å². The van der Waals surface area contributed by atoms with E-state index in [2.05, 4.69) is 31.6 Å². The number of carbonyl (C=O) groups excluding carboxylic acids is 3. The quantitative estimate of drug-likeness (QED) is 0.0302. The molecule has 2 saturated heterocycles. The molecule has 3 atom stereocenters. The number of amides is 4. The van der Waals surface area contributed by atoms with Gasteiger partial charge in [0.05, 0.1) is 71.0 Å². The van der Waals surface area contributed by atoms with E-state index < -0.39 is 0 Å². The van der Waals surface area contributed by atoms with Gasteiger partial charge < -0.3 is 49.9 Å². The van der Waals surface area contributed by atoms with Crippen molar-refractivity contribution in [2.24, 2.45) is 0 Å². The van der Waals surface area contributed by atoms with Gasteiger partial charge in [-0.25, -0.2) is 9.48 Å². The number of fused-ring (bicyclic) bond motifs is 1. The summed E-state index contributed by atoms with van der Waals surface area (Å²) in [7, 11) is 0. The maximum atomic E-state index is 13.7. The normalized spacial score (nSPS) is 20.3. The summed E-state index contributed by atoms with van der Waals surface area (Å²) < 4.78 is 30.2. The van der Waals surface area contributed by atoms with Crippen molar-refractivity contribution in [2.45, 2.75) is 93.9 Å². The third kappa shape index (κ3) is 16.6. The van der Waals surface area contributed by atoms with Gasteiger partial charge in [-0.2, -0.15) is 11.8 Å². The van der Waals surface area contributed by atoms with Crippen LogP contribution < -0.4 is 30.7 Å². The molecule has 1 aromatic heterocycles. The Morgan fingerprint density at radius 3 is 2.21 bits per heavy atom. The highest BCUT2D eigenvalue weighted by Gasteiger charge is 2.42. The lowest BCUT2D eigenvalue weighted by atomic mass is 9.90. The van der Waals surface area contributed by atoms with Crippen LogP contribution in [-0.4, -0.2) is 138 Å². The first kappa shape index (κ1) is 48.1. The van der Waals surface area contributed by atoms with Crippen molar-refractivity contribution in [1.29, 1.82) is 5.41 Å². The average Bonchev–Trinajstić information content (AvgIpc) is 4.00. The van der Waals surface area contributed by atoms with Crippen LogP contribution in [0.25, 0.3) is 0 Å². The molecule has 4 amide bonds. The maximum absolute atomic E-state index is 13.7. The number of unbranched alkanes of at least 4 members (excludes halogenated alkanes) is 1. The second kappa shape index (κ2) is 25.8. The molecule has 2 aliphatic heterocycles. The molecule has 3 aromatic rings. The molecule has 1 saturated carbocycles. The van der Waals surface area contributed by atoms with E-state index in [1.165, 1.54) is 0 Å². The molecule has 1 aliphatic carbocycles. The average molecular weight is 933 g/mol. The molecule has 3 aliphatic rings. The molecule has 6 rings (SSSR count). The van der Waals surface area contributed by atoms with Crippen LogP contribution in [0.1, 0.15) is 57.1 Å². The Balaban J connectivity index is 0.812. The fraction of sp³-hybridized carbons (Fsp3) is 0.581. The molecule has 2 aromatic carbocycles. The van der Waals surface area contributed by atoms with Crippen molar-refractivity contribution in [3.63, 3.8) is 0 Å². The van der Waals surface area contributed by atoms with Gasteiger partial charge in [0, 0.05) is 46.1 Å². The summed E-state index contributed by atoms with van der Waals surface area (Å²) in [4.78, 5) is 39.2. The lowest BCUT2D eigenvalue weighted by Crippen LogP contribution is -2.47. The number of carbonyl (C=O) groups is 3. The number of nitrogens with zero attached hydrogens (tertiary/aromatic N) is 4. The van der Waals surface area contributed by atoms with E-state index in [-0.39, 0.29) is 61.8 Å². The Kier molecular flexibility index (Phi) is 19.7. The van der Waals surface area contributed by atoms with Crippen LogP contribution in [0.4, 0.5) is 4.79 Å². The molecule has 5 N–H and O–H groups in total. The fourth-order valence-corrected chi connectivity index (χ4v) is 9.50. The van der Waals surface area contributed by atoms with Crippen LogP contribution in [0.3, 0.4) is 0 Å². The van der Waals surface area contributed by atoms with E-state index in [0.29, 0.717) is 97.5 Å². The van der Waals surface area contributed by atoms with Gasteiger partial charge in [-0.05, 0) is 87.1 Å². The smallest absolute Gasteiger partial charge is 0.315 e. The molecule has 0 spiro atoms. The van der Waals surface area contributed by atoms with E-state index in [9.17, 15) is 14.4 Å². The molecule has 63 heavy (non-hydrogen) atoms. The first-order valence-corrected chi connectivity index (χ1v) is 23.5. The molecular formula is C43H59Cl2N9O8S. The third-order valence-electron chi connectivity index (χ3n) is 11.0. The van der Waals surface area contributed by atoms with Crippen LogP contribution in [0.15, 0.2) is 54.7 Å². The van der Waals surface area contributed by atoms with Crippen molar-refractivity contribution in [2.75, 3.05) is 65.2 Å². The van der Waals surface area contributed by atoms with Gasteiger partial charge in [-0.15, -0.1) is 5.10 Å². The molecule has 3 heterocycles. The standard InChI is InChI=1S/C43H59Cl2N9O8S/c44-30-5-13-35(14-6-30)61-27-39(46)48-32-9-11-34(12-10-32)54(41(56)28-62-36-15-7-31(45)8-16-36)26-33-25-53(52-51-33)18-20-59-22-24-60-23-21-58-19-17-47-40(55)4-2-1-3-38-42-37(29-63-38)49-43(57)50-42/h5-8,13-16,25,32,34,37-38,42H,1-4,9-12,17-24,26-29H2,(H2,46,48)(H,47,55)(H2,49,50,57)/t32-,34-,37?,38-,42?/m0/s1. The SMILES string of the molecule is N=C(COc1ccc(Cl)cc1)N[C@H]1CC[C@H](N(Cc2cn(CCOCCOCCOCCNC(=O)CCCC[C@@H]3SCC4NC(=O)NC43)nn2)C(=O)COc2ccc(Cl)cc2)CC1. The Bertz CT molecular complexity index is 1890. The van der Waals surface area contributed by atoms with Crippen LogP contribution in [0, 0.1) is 5.41 Å². The number of hydrogen-bond donors (Lipinski definition) is 5. The van der Waals surface area contributed by atoms with Gasteiger partial charge in [0.2, 0.25) is 5.91 Å². The number of aromatic nitrogens is 3. The van der Waals surface area contributed by atoms with Crippen LogP contribution >= 0.6 is 35.0 Å². The third-order valence-corrected chi connectivity index (χ3v) is 13.0. The van der Waals surface area contributed by atoms with Gasteiger partial charge >= 0.3 is 6.03 Å². The number of thioether (sulfide) groups is 1. The minimum Gasteiger partial charge on any atom is -0.486 e. The van der Waals surface area contributed by atoms with Crippen molar-refractivity contribution in [3.05, 3.63) is 70.5 Å². The predicted molar refractivity (Wildman–Crippen MR) is 241 cm³/mol. The number of hydrogen-bond acceptors (Lipinski definition) is 12. The molecule has 17 nitrogen and oxygen atoms in total. The van der Waals surface area contributed by atoms with E-state index in [0.717, 1.165) is 50.7 Å². The summed E-state index contributed by atoms with van der Waals surface area (Å²) in [5.74, 6) is 2.30.